The standard InChI is InChI=1S/C15H24N2/c1-3-13(2)12-16-14-6-8-15(9-7-14)17-10-4-5-11-17/h6-9,13,16H,3-5,10-12H2,1-2H3. The highest BCUT2D eigenvalue weighted by atomic mass is 15.1. The minimum Gasteiger partial charge on any atom is -0.385 e. The molecule has 1 aromatic rings. The fourth-order valence-electron chi connectivity index (χ4n) is 2.20. The molecule has 1 N–H and O–H groups in total. The zero-order valence-corrected chi connectivity index (χ0v) is 11.1. The SMILES string of the molecule is CCC(C)CNc1ccc(N2CCCC2)cc1. The molecule has 1 fully saturated rings. The smallest absolute Gasteiger partial charge is 0.0367 e. The van der Waals surface area contributed by atoms with Gasteiger partial charge in [-0.15, -0.1) is 0 Å². The van der Waals surface area contributed by atoms with Crippen molar-refractivity contribution >= 4 is 11.4 Å². The number of nitrogens with zero attached hydrogens (tertiary/aromatic N) is 1. The first-order valence-corrected chi connectivity index (χ1v) is 6.88. The van der Waals surface area contributed by atoms with Gasteiger partial charge in [0.25, 0.3) is 0 Å². The van der Waals surface area contributed by atoms with E-state index in [1.165, 1.54) is 43.7 Å². The maximum Gasteiger partial charge on any atom is 0.0367 e. The Kier molecular flexibility index (Phi) is 4.29. The minimum atomic E-state index is 0.744. The summed E-state index contributed by atoms with van der Waals surface area (Å²) in [5.74, 6) is 0.744. The average Bonchev–Trinajstić information content (AvgIpc) is 2.90. The number of benzene rings is 1. The molecule has 17 heavy (non-hydrogen) atoms. The highest BCUT2D eigenvalue weighted by Crippen LogP contribution is 2.22. The molecule has 0 amide bonds. The van der Waals surface area contributed by atoms with Gasteiger partial charge in [0, 0.05) is 31.0 Å². The molecule has 0 spiro atoms. The van der Waals surface area contributed by atoms with Crippen LogP contribution in [0.4, 0.5) is 11.4 Å². The third-order valence-corrected chi connectivity index (χ3v) is 3.69. The van der Waals surface area contributed by atoms with Crippen LogP contribution in [0.2, 0.25) is 0 Å². The van der Waals surface area contributed by atoms with Gasteiger partial charge in [-0.1, -0.05) is 20.3 Å². The van der Waals surface area contributed by atoms with E-state index >= 15 is 0 Å². The highest BCUT2D eigenvalue weighted by Gasteiger charge is 2.11. The molecule has 2 nitrogen and oxygen atoms in total. The number of hydrogen-bond acceptors (Lipinski definition) is 2. The van der Waals surface area contributed by atoms with Gasteiger partial charge in [0.15, 0.2) is 0 Å². The van der Waals surface area contributed by atoms with E-state index in [-0.39, 0.29) is 0 Å². The van der Waals surface area contributed by atoms with Crippen LogP contribution in [0.15, 0.2) is 24.3 Å². The van der Waals surface area contributed by atoms with Crippen molar-refractivity contribution in [3.05, 3.63) is 24.3 Å². The molecular formula is C15H24N2. The van der Waals surface area contributed by atoms with Gasteiger partial charge in [-0.3, -0.25) is 0 Å². The summed E-state index contributed by atoms with van der Waals surface area (Å²) in [6.45, 7) is 8.03. The van der Waals surface area contributed by atoms with Crippen molar-refractivity contribution in [2.24, 2.45) is 5.92 Å². The fourth-order valence-corrected chi connectivity index (χ4v) is 2.20. The van der Waals surface area contributed by atoms with E-state index in [0.717, 1.165) is 12.5 Å². The summed E-state index contributed by atoms with van der Waals surface area (Å²) in [6, 6.07) is 8.89. The van der Waals surface area contributed by atoms with Crippen LogP contribution >= 0.6 is 0 Å². The molecule has 1 aromatic carbocycles. The van der Waals surface area contributed by atoms with Gasteiger partial charge in [0.05, 0.1) is 0 Å². The van der Waals surface area contributed by atoms with E-state index < -0.39 is 0 Å². The minimum absolute atomic E-state index is 0.744. The molecule has 0 aliphatic carbocycles. The zero-order chi connectivity index (χ0) is 12.1. The summed E-state index contributed by atoms with van der Waals surface area (Å²) < 4.78 is 0. The first-order valence-electron chi connectivity index (χ1n) is 6.88. The van der Waals surface area contributed by atoms with E-state index in [1.807, 2.05) is 0 Å². The predicted octanol–water partition coefficient (Wildman–Crippen LogP) is 3.74. The van der Waals surface area contributed by atoms with Crippen LogP contribution in [0.25, 0.3) is 0 Å². The van der Waals surface area contributed by atoms with Gasteiger partial charge in [-0.2, -0.15) is 0 Å². The molecule has 0 aromatic heterocycles. The zero-order valence-electron chi connectivity index (χ0n) is 11.1. The molecule has 0 bridgehead atoms. The van der Waals surface area contributed by atoms with Crippen molar-refractivity contribution in [2.75, 3.05) is 29.9 Å². The van der Waals surface area contributed by atoms with Crippen LogP contribution in [0.1, 0.15) is 33.1 Å². The van der Waals surface area contributed by atoms with E-state index in [0.29, 0.717) is 0 Å². The largest absolute Gasteiger partial charge is 0.385 e. The van der Waals surface area contributed by atoms with Crippen LogP contribution in [-0.2, 0) is 0 Å². The first kappa shape index (κ1) is 12.3. The second-order valence-electron chi connectivity index (χ2n) is 5.14. The van der Waals surface area contributed by atoms with Gasteiger partial charge in [0.2, 0.25) is 0 Å². The number of anilines is 2. The Labute approximate surface area is 105 Å². The van der Waals surface area contributed by atoms with Crippen molar-refractivity contribution < 1.29 is 0 Å². The number of hydrogen-bond donors (Lipinski definition) is 1. The normalized spacial score (nSPS) is 17.2. The summed E-state index contributed by atoms with van der Waals surface area (Å²) in [4.78, 5) is 2.47. The van der Waals surface area contributed by atoms with Gasteiger partial charge in [-0.05, 0) is 43.0 Å². The Morgan fingerprint density at radius 1 is 1.18 bits per heavy atom. The lowest BCUT2D eigenvalue weighted by Crippen LogP contribution is -2.17. The molecule has 2 rings (SSSR count). The molecule has 2 heteroatoms. The van der Waals surface area contributed by atoms with Crippen molar-refractivity contribution in [1.82, 2.24) is 0 Å². The average molecular weight is 232 g/mol. The lowest BCUT2D eigenvalue weighted by molar-refractivity contribution is 0.593. The second-order valence-corrected chi connectivity index (χ2v) is 5.14. The van der Waals surface area contributed by atoms with Gasteiger partial charge in [-0.25, -0.2) is 0 Å². The van der Waals surface area contributed by atoms with Crippen molar-refractivity contribution in [1.29, 1.82) is 0 Å². The molecule has 0 saturated carbocycles. The first-order chi connectivity index (χ1) is 8.29. The number of rotatable bonds is 5. The summed E-state index contributed by atoms with van der Waals surface area (Å²) in [7, 11) is 0. The van der Waals surface area contributed by atoms with Crippen LogP contribution < -0.4 is 10.2 Å². The Morgan fingerprint density at radius 2 is 1.82 bits per heavy atom. The van der Waals surface area contributed by atoms with Crippen molar-refractivity contribution in [3.63, 3.8) is 0 Å². The van der Waals surface area contributed by atoms with E-state index in [1.54, 1.807) is 0 Å². The molecule has 1 aliphatic rings. The molecule has 1 atom stereocenters. The Balaban J connectivity index is 1.88. The molecular weight excluding hydrogens is 208 g/mol. The lowest BCUT2D eigenvalue weighted by Gasteiger charge is -2.18. The topological polar surface area (TPSA) is 15.3 Å². The van der Waals surface area contributed by atoms with Crippen molar-refractivity contribution in [2.45, 2.75) is 33.1 Å². The Bertz CT molecular complexity index is 325. The Morgan fingerprint density at radius 3 is 2.41 bits per heavy atom. The summed E-state index contributed by atoms with van der Waals surface area (Å²) in [5.41, 5.74) is 2.62. The highest BCUT2D eigenvalue weighted by molar-refractivity contribution is 5.55. The molecule has 0 radical (unpaired) electrons. The molecule has 1 heterocycles. The fraction of sp³-hybridized carbons (Fsp3) is 0.600. The summed E-state index contributed by atoms with van der Waals surface area (Å²) in [6.07, 6.45) is 3.92. The second kappa shape index (κ2) is 5.95. The van der Waals surface area contributed by atoms with Gasteiger partial charge < -0.3 is 10.2 Å². The van der Waals surface area contributed by atoms with Crippen LogP contribution in [0.5, 0.6) is 0 Å². The van der Waals surface area contributed by atoms with Crippen LogP contribution in [-0.4, -0.2) is 19.6 Å². The third-order valence-electron chi connectivity index (χ3n) is 3.69. The van der Waals surface area contributed by atoms with Crippen molar-refractivity contribution in [3.8, 4) is 0 Å². The number of nitrogens with one attached hydrogen (secondary N) is 1. The monoisotopic (exact) mass is 232 g/mol. The Hall–Kier alpha value is -1.18. The van der Waals surface area contributed by atoms with Crippen LogP contribution in [0, 0.1) is 5.92 Å². The summed E-state index contributed by atoms with van der Waals surface area (Å²) >= 11 is 0. The molecule has 94 valence electrons. The molecule has 1 aliphatic heterocycles. The van der Waals surface area contributed by atoms with E-state index in [4.69, 9.17) is 0 Å². The van der Waals surface area contributed by atoms with Crippen LogP contribution in [0.3, 0.4) is 0 Å². The maximum absolute atomic E-state index is 3.49. The van der Waals surface area contributed by atoms with E-state index in [2.05, 4.69) is 48.3 Å². The van der Waals surface area contributed by atoms with Gasteiger partial charge >= 0.3 is 0 Å². The quantitative estimate of drug-likeness (QED) is 0.832. The molecule has 1 saturated heterocycles. The predicted molar refractivity (Wildman–Crippen MR) is 75.8 cm³/mol. The molecule has 1 unspecified atom stereocenters. The van der Waals surface area contributed by atoms with Gasteiger partial charge in [0.1, 0.15) is 0 Å². The maximum atomic E-state index is 3.49. The third kappa shape index (κ3) is 3.39. The summed E-state index contributed by atoms with van der Waals surface area (Å²) in [5, 5.41) is 3.49. The lowest BCUT2D eigenvalue weighted by atomic mass is 10.1. The van der Waals surface area contributed by atoms with E-state index in [9.17, 15) is 0 Å².